The minimum Gasteiger partial charge on any atom is -0.372 e. The van der Waals surface area contributed by atoms with Crippen LogP contribution < -0.4 is 10.6 Å². The molecule has 6 nitrogen and oxygen atoms in total. The second-order valence-electron chi connectivity index (χ2n) is 6.02. The lowest BCUT2D eigenvalue weighted by Crippen LogP contribution is -2.49. The summed E-state index contributed by atoms with van der Waals surface area (Å²) in [6.07, 6.45) is 0.473. The molecule has 0 aliphatic carbocycles. The summed E-state index contributed by atoms with van der Waals surface area (Å²) in [4.78, 5) is 25.7. The maximum atomic E-state index is 12.5. The third-order valence-corrected chi connectivity index (χ3v) is 3.79. The van der Waals surface area contributed by atoms with Crippen molar-refractivity contribution in [1.29, 1.82) is 0 Å². The van der Waals surface area contributed by atoms with E-state index in [0.717, 1.165) is 5.56 Å². The molecule has 0 saturated carbocycles. The number of morpholine rings is 1. The fourth-order valence-corrected chi connectivity index (χ4v) is 2.62. The summed E-state index contributed by atoms with van der Waals surface area (Å²) in [6.45, 7) is 8.78. The van der Waals surface area contributed by atoms with Crippen molar-refractivity contribution in [3.63, 3.8) is 0 Å². The van der Waals surface area contributed by atoms with E-state index < -0.39 is 0 Å². The zero-order chi connectivity index (χ0) is 17.0. The molecule has 3 amide bonds. The van der Waals surface area contributed by atoms with Crippen LogP contribution in [0, 0.1) is 6.92 Å². The Balaban J connectivity index is 2.07. The van der Waals surface area contributed by atoms with E-state index in [2.05, 4.69) is 10.6 Å². The third-order valence-electron chi connectivity index (χ3n) is 3.79. The molecule has 6 heteroatoms. The molecule has 0 spiro atoms. The lowest BCUT2D eigenvalue weighted by molar-refractivity contribution is -0.115. The lowest BCUT2D eigenvalue weighted by atomic mass is 10.1. The van der Waals surface area contributed by atoms with E-state index in [-0.39, 0.29) is 24.1 Å². The van der Waals surface area contributed by atoms with Gasteiger partial charge in [-0.05, 0) is 38.5 Å². The highest BCUT2D eigenvalue weighted by atomic mass is 16.5. The molecule has 2 N–H and O–H groups in total. The van der Waals surface area contributed by atoms with Crippen molar-refractivity contribution in [2.24, 2.45) is 0 Å². The highest BCUT2D eigenvalue weighted by Crippen LogP contribution is 2.21. The predicted molar refractivity (Wildman–Crippen MR) is 90.7 cm³/mol. The largest absolute Gasteiger partial charge is 0.372 e. The summed E-state index contributed by atoms with van der Waals surface area (Å²) in [6, 6.07) is 5.35. The van der Waals surface area contributed by atoms with Crippen molar-refractivity contribution in [3.05, 3.63) is 23.8 Å². The first-order valence-corrected chi connectivity index (χ1v) is 8.01. The van der Waals surface area contributed by atoms with E-state index >= 15 is 0 Å². The number of hydrogen-bond acceptors (Lipinski definition) is 3. The molecule has 0 unspecified atom stereocenters. The van der Waals surface area contributed by atoms with Gasteiger partial charge in [0.2, 0.25) is 5.91 Å². The molecule has 2 rings (SSSR count). The first-order chi connectivity index (χ1) is 10.9. The Kier molecular flexibility index (Phi) is 5.60. The van der Waals surface area contributed by atoms with E-state index in [0.29, 0.717) is 30.9 Å². The first-order valence-electron chi connectivity index (χ1n) is 8.01. The molecule has 2 atom stereocenters. The fourth-order valence-electron chi connectivity index (χ4n) is 2.62. The van der Waals surface area contributed by atoms with Gasteiger partial charge in [0.25, 0.3) is 0 Å². The van der Waals surface area contributed by atoms with Gasteiger partial charge in [0.1, 0.15) is 0 Å². The predicted octanol–water partition coefficient (Wildman–Crippen LogP) is 2.98. The van der Waals surface area contributed by atoms with E-state index in [1.165, 1.54) is 0 Å². The number of hydrogen-bond donors (Lipinski definition) is 2. The normalized spacial score (nSPS) is 21.0. The van der Waals surface area contributed by atoms with Crippen molar-refractivity contribution in [2.75, 3.05) is 23.7 Å². The number of nitrogens with zero attached hydrogens (tertiary/aromatic N) is 1. The lowest BCUT2D eigenvalue weighted by Gasteiger charge is -2.35. The molecule has 0 aromatic heterocycles. The zero-order valence-electron chi connectivity index (χ0n) is 14.2. The quantitative estimate of drug-likeness (QED) is 0.900. The molecule has 1 aromatic rings. The Bertz CT molecular complexity index is 578. The van der Waals surface area contributed by atoms with Crippen LogP contribution >= 0.6 is 0 Å². The number of aryl methyl sites for hydroxylation is 1. The summed E-state index contributed by atoms with van der Waals surface area (Å²) < 4.78 is 5.65. The molecule has 1 aliphatic rings. The van der Waals surface area contributed by atoms with Gasteiger partial charge in [-0.1, -0.05) is 13.0 Å². The number of amides is 3. The minimum atomic E-state index is -0.144. The van der Waals surface area contributed by atoms with E-state index in [4.69, 9.17) is 4.74 Å². The molecular weight excluding hydrogens is 294 g/mol. The molecule has 0 bridgehead atoms. The topological polar surface area (TPSA) is 70.7 Å². The second kappa shape index (κ2) is 7.46. The highest BCUT2D eigenvalue weighted by Gasteiger charge is 2.26. The number of anilines is 2. The van der Waals surface area contributed by atoms with Crippen LogP contribution in [0.1, 0.15) is 32.8 Å². The van der Waals surface area contributed by atoms with Gasteiger partial charge in [-0.2, -0.15) is 0 Å². The van der Waals surface area contributed by atoms with Crippen LogP contribution in [0.25, 0.3) is 0 Å². The Morgan fingerprint density at radius 2 is 1.87 bits per heavy atom. The fraction of sp³-hybridized carbons (Fsp3) is 0.529. The average Bonchev–Trinajstić information content (AvgIpc) is 2.49. The van der Waals surface area contributed by atoms with Gasteiger partial charge in [0.05, 0.1) is 12.2 Å². The summed E-state index contributed by atoms with van der Waals surface area (Å²) >= 11 is 0. The molecule has 126 valence electrons. The standard InChI is InChI=1S/C17H25N3O3/c1-5-16(21)18-14-7-6-11(2)15(8-14)19-17(22)20-9-12(3)23-13(4)10-20/h6-8,12-13H,5,9-10H2,1-4H3,(H,18,21)(H,19,22)/t12-,13+. The summed E-state index contributed by atoms with van der Waals surface area (Å²) in [5.74, 6) is -0.0537. The number of ether oxygens (including phenoxy) is 1. The number of benzene rings is 1. The molecule has 1 fully saturated rings. The number of nitrogens with one attached hydrogen (secondary N) is 2. The summed E-state index contributed by atoms with van der Waals surface area (Å²) in [5.41, 5.74) is 2.33. The molecule has 1 aliphatic heterocycles. The van der Waals surface area contributed by atoms with E-state index in [9.17, 15) is 9.59 Å². The van der Waals surface area contributed by atoms with Crippen LogP contribution in [-0.4, -0.2) is 42.1 Å². The number of carbonyl (C=O) groups excluding carboxylic acids is 2. The van der Waals surface area contributed by atoms with Gasteiger partial charge in [-0.3, -0.25) is 4.79 Å². The molecule has 0 radical (unpaired) electrons. The Hall–Kier alpha value is -2.08. The van der Waals surface area contributed by atoms with Crippen LogP contribution in [0.5, 0.6) is 0 Å². The van der Waals surface area contributed by atoms with Gasteiger partial charge in [-0.25, -0.2) is 4.79 Å². The summed E-state index contributed by atoms with van der Waals surface area (Å²) in [5, 5.41) is 5.74. The van der Waals surface area contributed by atoms with Gasteiger partial charge >= 0.3 is 6.03 Å². The van der Waals surface area contributed by atoms with Crippen molar-refractivity contribution >= 4 is 23.3 Å². The van der Waals surface area contributed by atoms with Crippen LogP contribution in [0.2, 0.25) is 0 Å². The van der Waals surface area contributed by atoms with Gasteiger partial charge < -0.3 is 20.3 Å². The van der Waals surface area contributed by atoms with Crippen molar-refractivity contribution in [1.82, 2.24) is 4.90 Å². The number of rotatable bonds is 3. The van der Waals surface area contributed by atoms with Crippen LogP contribution in [-0.2, 0) is 9.53 Å². The SMILES string of the molecule is CCC(=O)Nc1ccc(C)c(NC(=O)N2C[C@@H](C)O[C@@H](C)C2)c1. The maximum Gasteiger partial charge on any atom is 0.322 e. The van der Waals surface area contributed by atoms with E-state index in [1.54, 1.807) is 17.9 Å². The van der Waals surface area contributed by atoms with Gasteiger partial charge in [0.15, 0.2) is 0 Å². The number of urea groups is 1. The maximum absolute atomic E-state index is 12.5. The molecular formula is C17H25N3O3. The van der Waals surface area contributed by atoms with E-state index in [1.807, 2.05) is 32.9 Å². The average molecular weight is 319 g/mol. The van der Waals surface area contributed by atoms with Crippen molar-refractivity contribution in [3.8, 4) is 0 Å². The Labute approximate surface area is 137 Å². The molecule has 1 saturated heterocycles. The summed E-state index contributed by atoms with van der Waals surface area (Å²) in [7, 11) is 0. The van der Waals surface area contributed by atoms with Crippen LogP contribution in [0.15, 0.2) is 18.2 Å². The van der Waals surface area contributed by atoms with Crippen molar-refractivity contribution in [2.45, 2.75) is 46.3 Å². The van der Waals surface area contributed by atoms with Crippen LogP contribution in [0.4, 0.5) is 16.2 Å². The first kappa shape index (κ1) is 17.3. The highest BCUT2D eigenvalue weighted by molar-refractivity contribution is 5.94. The van der Waals surface area contributed by atoms with Gasteiger partial charge in [-0.15, -0.1) is 0 Å². The zero-order valence-corrected chi connectivity index (χ0v) is 14.2. The number of carbonyl (C=O) groups is 2. The second-order valence-corrected chi connectivity index (χ2v) is 6.02. The minimum absolute atomic E-state index is 0.0285. The smallest absolute Gasteiger partial charge is 0.322 e. The molecule has 1 aromatic carbocycles. The molecule has 1 heterocycles. The van der Waals surface area contributed by atoms with Crippen LogP contribution in [0.3, 0.4) is 0 Å². The molecule has 23 heavy (non-hydrogen) atoms. The third kappa shape index (κ3) is 4.69. The van der Waals surface area contributed by atoms with Gasteiger partial charge in [0, 0.05) is 30.9 Å². The monoisotopic (exact) mass is 319 g/mol. The Morgan fingerprint density at radius 1 is 1.22 bits per heavy atom. The Morgan fingerprint density at radius 3 is 2.48 bits per heavy atom. The van der Waals surface area contributed by atoms with Crippen molar-refractivity contribution < 1.29 is 14.3 Å².